The lowest BCUT2D eigenvalue weighted by molar-refractivity contribution is -0.116. The molecule has 6 nitrogen and oxygen atoms in total. The van der Waals surface area contributed by atoms with Gasteiger partial charge in [-0.15, -0.1) is 0 Å². The first-order valence-corrected chi connectivity index (χ1v) is 6.85. The van der Waals surface area contributed by atoms with Crippen LogP contribution >= 0.6 is 0 Å². The second-order valence-corrected chi connectivity index (χ2v) is 4.67. The van der Waals surface area contributed by atoms with E-state index in [1.807, 2.05) is 6.92 Å². The Morgan fingerprint density at radius 2 is 2.18 bits per heavy atom. The summed E-state index contributed by atoms with van der Waals surface area (Å²) in [5, 5.41) is 6.08. The number of carbonyl (C=O) groups is 2. The van der Waals surface area contributed by atoms with Crippen molar-refractivity contribution in [3.05, 3.63) is 48.0 Å². The van der Waals surface area contributed by atoms with E-state index in [-0.39, 0.29) is 17.9 Å². The largest absolute Gasteiger partial charge is 0.363 e. The highest BCUT2D eigenvalue weighted by Crippen LogP contribution is 2.09. The zero-order valence-corrected chi connectivity index (χ0v) is 12.1. The first-order chi connectivity index (χ1) is 10.6. The maximum atomic E-state index is 13.2. The topological polar surface area (TPSA) is 75.4 Å². The highest BCUT2D eigenvalue weighted by atomic mass is 19.1. The van der Waals surface area contributed by atoms with Crippen LogP contribution in [0.1, 0.15) is 23.7 Å². The lowest BCUT2D eigenvalue weighted by Crippen LogP contribution is -2.38. The van der Waals surface area contributed by atoms with Gasteiger partial charge in [0.05, 0.1) is 0 Å². The maximum absolute atomic E-state index is 13.2. The molecule has 22 heavy (non-hydrogen) atoms. The second kappa shape index (κ2) is 7.35. The average molecular weight is 305 g/mol. The Bertz CT molecular complexity index is 643. The molecule has 0 bridgehead atoms. The van der Waals surface area contributed by atoms with Crippen molar-refractivity contribution in [3.8, 4) is 0 Å². The number of halogens is 1. The Morgan fingerprint density at radius 1 is 1.36 bits per heavy atom. The number of aromatic nitrogens is 1. The summed E-state index contributed by atoms with van der Waals surface area (Å²) in [4.78, 5) is 25.7. The molecule has 116 valence electrons. The predicted octanol–water partition coefficient (Wildman–Crippen LogP) is 2.30. The van der Waals surface area contributed by atoms with E-state index in [4.69, 9.17) is 0 Å². The Kier molecular flexibility index (Phi) is 5.24. The molecule has 1 N–H and O–H groups in total. The van der Waals surface area contributed by atoms with E-state index in [9.17, 15) is 14.0 Å². The number of nitrogens with one attached hydrogen (secondary N) is 1. The summed E-state index contributed by atoms with van der Waals surface area (Å²) in [6, 6.07) is 6.89. The lowest BCUT2D eigenvalue weighted by atomic mass is 10.2. The molecule has 0 unspecified atom stereocenters. The monoisotopic (exact) mass is 305 g/mol. The summed E-state index contributed by atoms with van der Waals surface area (Å²) >= 11 is 0. The van der Waals surface area contributed by atoms with Crippen LogP contribution in [0, 0.1) is 5.82 Å². The van der Waals surface area contributed by atoms with Crippen LogP contribution < -0.4 is 5.32 Å². The molecule has 0 aliphatic carbocycles. The molecule has 0 aliphatic heterocycles. The van der Waals surface area contributed by atoms with Crippen LogP contribution in [0.2, 0.25) is 0 Å². The molecule has 7 heteroatoms. The van der Waals surface area contributed by atoms with E-state index in [2.05, 4.69) is 15.0 Å². The zero-order valence-electron chi connectivity index (χ0n) is 12.1. The molecule has 0 aliphatic rings. The molecule has 0 fully saturated rings. The number of hydrogen-bond acceptors (Lipinski definition) is 4. The maximum Gasteiger partial charge on any atom is 0.254 e. The molecule has 2 rings (SSSR count). The summed E-state index contributed by atoms with van der Waals surface area (Å²) in [6.45, 7) is 2.14. The summed E-state index contributed by atoms with van der Waals surface area (Å²) in [7, 11) is 0. The summed E-state index contributed by atoms with van der Waals surface area (Å²) in [5.74, 6) is -1.00. The molecule has 2 amide bonds. The van der Waals surface area contributed by atoms with E-state index in [1.165, 1.54) is 35.4 Å². The van der Waals surface area contributed by atoms with Gasteiger partial charge in [0.25, 0.3) is 5.91 Å². The third kappa shape index (κ3) is 4.15. The fourth-order valence-corrected chi connectivity index (χ4v) is 1.96. The fourth-order valence-electron chi connectivity index (χ4n) is 1.96. The Balaban J connectivity index is 2.05. The average Bonchev–Trinajstić information content (AvgIpc) is 2.99. The quantitative estimate of drug-likeness (QED) is 0.888. The van der Waals surface area contributed by atoms with Gasteiger partial charge in [-0.25, -0.2) is 4.39 Å². The molecule has 1 aromatic heterocycles. The summed E-state index contributed by atoms with van der Waals surface area (Å²) in [5.41, 5.74) is 0.211. The molecule has 1 aromatic carbocycles. The summed E-state index contributed by atoms with van der Waals surface area (Å²) in [6.07, 6.45) is 2.01. The molecular formula is C15H16FN3O3. The van der Waals surface area contributed by atoms with Crippen molar-refractivity contribution in [2.24, 2.45) is 0 Å². The van der Waals surface area contributed by atoms with Crippen molar-refractivity contribution in [1.29, 1.82) is 0 Å². The minimum Gasteiger partial charge on any atom is -0.363 e. The molecule has 1 heterocycles. The number of hydrogen-bond donors (Lipinski definition) is 1. The number of nitrogens with zero attached hydrogens (tertiary/aromatic N) is 2. The van der Waals surface area contributed by atoms with Crippen molar-refractivity contribution in [2.45, 2.75) is 13.3 Å². The van der Waals surface area contributed by atoms with E-state index in [1.54, 1.807) is 0 Å². The van der Waals surface area contributed by atoms with Crippen molar-refractivity contribution in [2.75, 3.05) is 18.4 Å². The third-order valence-corrected chi connectivity index (χ3v) is 2.89. The van der Waals surface area contributed by atoms with Gasteiger partial charge in [0.1, 0.15) is 18.6 Å². The van der Waals surface area contributed by atoms with Gasteiger partial charge >= 0.3 is 0 Å². The van der Waals surface area contributed by atoms with Gasteiger partial charge in [-0.3, -0.25) is 9.59 Å². The van der Waals surface area contributed by atoms with Gasteiger partial charge in [0.15, 0.2) is 5.82 Å². The van der Waals surface area contributed by atoms with Gasteiger partial charge in [0, 0.05) is 18.2 Å². The molecule has 0 atom stereocenters. The molecular weight excluding hydrogens is 289 g/mol. The Hall–Kier alpha value is -2.70. The van der Waals surface area contributed by atoms with E-state index >= 15 is 0 Å². The van der Waals surface area contributed by atoms with Gasteiger partial charge in [-0.1, -0.05) is 18.1 Å². The van der Waals surface area contributed by atoms with Crippen molar-refractivity contribution < 1.29 is 18.5 Å². The van der Waals surface area contributed by atoms with Crippen LogP contribution in [-0.2, 0) is 4.79 Å². The van der Waals surface area contributed by atoms with Crippen LogP contribution in [0.15, 0.2) is 41.1 Å². The minimum atomic E-state index is -0.491. The molecule has 0 saturated carbocycles. The zero-order chi connectivity index (χ0) is 15.9. The van der Waals surface area contributed by atoms with Crippen molar-refractivity contribution >= 4 is 17.6 Å². The second-order valence-electron chi connectivity index (χ2n) is 4.67. The highest BCUT2D eigenvalue weighted by Gasteiger charge is 2.19. The Morgan fingerprint density at radius 3 is 2.82 bits per heavy atom. The van der Waals surface area contributed by atoms with Crippen LogP contribution in [0.5, 0.6) is 0 Å². The van der Waals surface area contributed by atoms with Gasteiger partial charge in [0.2, 0.25) is 5.91 Å². The molecule has 0 saturated heterocycles. The van der Waals surface area contributed by atoms with Gasteiger partial charge in [-0.2, -0.15) is 0 Å². The van der Waals surface area contributed by atoms with Crippen molar-refractivity contribution in [1.82, 2.24) is 10.1 Å². The molecule has 0 spiro atoms. The van der Waals surface area contributed by atoms with E-state index in [0.29, 0.717) is 13.0 Å². The van der Waals surface area contributed by atoms with Crippen LogP contribution in [-0.4, -0.2) is 35.0 Å². The number of anilines is 1. The number of rotatable bonds is 6. The predicted molar refractivity (Wildman–Crippen MR) is 77.7 cm³/mol. The first-order valence-electron chi connectivity index (χ1n) is 6.85. The minimum absolute atomic E-state index is 0.143. The number of benzene rings is 1. The smallest absolute Gasteiger partial charge is 0.254 e. The molecule has 0 radical (unpaired) electrons. The third-order valence-electron chi connectivity index (χ3n) is 2.89. The van der Waals surface area contributed by atoms with Crippen LogP contribution in [0.3, 0.4) is 0 Å². The fraction of sp³-hybridized carbons (Fsp3) is 0.267. The number of amides is 2. The van der Waals surface area contributed by atoms with Crippen LogP contribution in [0.4, 0.5) is 10.2 Å². The lowest BCUT2D eigenvalue weighted by Gasteiger charge is -2.21. The normalized spacial score (nSPS) is 10.3. The SMILES string of the molecule is CCCN(CC(=O)Nc1ccon1)C(=O)c1cccc(F)c1. The van der Waals surface area contributed by atoms with Crippen LogP contribution in [0.25, 0.3) is 0 Å². The molecule has 2 aromatic rings. The van der Waals surface area contributed by atoms with Gasteiger partial charge < -0.3 is 14.7 Å². The first kappa shape index (κ1) is 15.7. The van der Waals surface area contributed by atoms with Gasteiger partial charge in [-0.05, 0) is 24.6 Å². The number of carbonyl (C=O) groups excluding carboxylic acids is 2. The van der Waals surface area contributed by atoms with Crippen molar-refractivity contribution in [3.63, 3.8) is 0 Å². The summed E-state index contributed by atoms with van der Waals surface area (Å²) < 4.78 is 17.8. The highest BCUT2D eigenvalue weighted by molar-refractivity contribution is 5.99. The Labute approximate surface area is 126 Å². The van der Waals surface area contributed by atoms with E-state index in [0.717, 1.165) is 6.07 Å². The standard InChI is InChI=1S/C15H16FN3O3/c1-2-7-19(10-14(20)17-13-6-8-22-18-13)15(21)11-4-3-5-12(16)9-11/h3-6,8-9H,2,7,10H2,1H3,(H,17,18,20). The van der Waals surface area contributed by atoms with E-state index < -0.39 is 17.6 Å².